The van der Waals surface area contributed by atoms with Crippen molar-refractivity contribution in [3.05, 3.63) is 69.8 Å². The maximum atomic E-state index is 13.1. The molecule has 5 rings (SSSR count). The number of hydrogen-bond acceptors (Lipinski definition) is 5. The average molecular weight is 466 g/mol. The third kappa shape index (κ3) is 3.38. The first-order valence-corrected chi connectivity index (χ1v) is 10.8. The number of amides is 1. The van der Waals surface area contributed by atoms with E-state index >= 15 is 0 Å². The first-order valence-electron chi connectivity index (χ1n) is 9.20. The van der Waals surface area contributed by atoms with Crippen LogP contribution in [0, 0.1) is 0 Å². The zero-order valence-electron chi connectivity index (χ0n) is 15.3. The van der Waals surface area contributed by atoms with Crippen LogP contribution >= 0.6 is 27.5 Å². The van der Waals surface area contributed by atoms with Crippen LogP contribution in [-0.2, 0) is 0 Å². The van der Waals surface area contributed by atoms with Gasteiger partial charge in [0.05, 0.1) is 0 Å². The summed E-state index contributed by atoms with van der Waals surface area (Å²) < 4.78 is 5.02. The van der Waals surface area contributed by atoms with Gasteiger partial charge in [0.15, 0.2) is 0 Å². The smallest absolute Gasteiger partial charge is 0.268 e. The molecule has 6 nitrogen and oxygen atoms in total. The number of fused-ring (bicyclic) bond motifs is 1. The molecule has 0 spiro atoms. The number of carbonyl (C=O) groups excluding carboxylic acids is 1. The van der Waals surface area contributed by atoms with E-state index in [2.05, 4.69) is 47.6 Å². The molecule has 0 unspecified atom stereocenters. The number of aromatic nitrogens is 4. The van der Waals surface area contributed by atoms with Crippen molar-refractivity contribution >= 4 is 50.0 Å². The number of halogens is 1. The quantitative estimate of drug-likeness (QED) is 0.472. The van der Waals surface area contributed by atoms with Crippen LogP contribution in [-0.4, -0.2) is 43.5 Å². The van der Waals surface area contributed by atoms with Crippen molar-refractivity contribution < 1.29 is 4.79 Å². The largest absolute Gasteiger partial charge is 0.346 e. The van der Waals surface area contributed by atoms with Crippen molar-refractivity contribution in [3.8, 4) is 11.3 Å². The summed E-state index contributed by atoms with van der Waals surface area (Å²) in [5, 5.41) is 5.31. The van der Waals surface area contributed by atoms with Crippen LogP contribution in [0.2, 0.25) is 0 Å². The molecule has 8 heteroatoms. The molecule has 3 aromatic heterocycles. The van der Waals surface area contributed by atoms with Gasteiger partial charge in [-0.1, -0.05) is 38.6 Å². The van der Waals surface area contributed by atoms with E-state index in [-0.39, 0.29) is 5.91 Å². The van der Waals surface area contributed by atoms with Gasteiger partial charge in [0.25, 0.3) is 5.91 Å². The van der Waals surface area contributed by atoms with Gasteiger partial charge in [-0.2, -0.15) is 0 Å². The summed E-state index contributed by atoms with van der Waals surface area (Å²) in [6.45, 7) is 1.23. The Labute approximate surface area is 179 Å². The van der Waals surface area contributed by atoms with Gasteiger partial charge in [-0.25, -0.2) is 4.98 Å². The van der Waals surface area contributed by atoms with Gasteiger partial charge in [0.2, 0.25) is 0 Å². The minimum absolute atomic E-state index is 0.0196. The fourth-order valence-electron chi connectivity index (χ4n) is 3.59. The summed E-state index contributed by atoms with van der Waals surface area (Å²) in [6, 6.07) is 11.8. The average Bonchev–Trinajstić information content (AvgIpc) is 3.41. The zero-order chi connectivity index (χ0) is 19.8. The molecule has 1 aliphatic heterocycles. The molecule has 144 valence electrons. The maximum absolute atomic E-state index is 13.1. The summed E-state index contributed by atoms with van der Waals surface area (Å²) in [5.74, 6) is -0.0196. The summed E-state index contributed by atoms with van der Waals surface area (Å²) >= 11 is 4.59. The van der Waals surface area contributed by atoms with Crippen molar-refractivity contribution in [1.29, 1.82) is 0 Å². The molecule has 1 aromatic carbocycles. The number of rotatable bonds is 3. The van der Waals surface area contributed by atoms with Gasteiger partial charge in [-0.3, -0.25) is 4.79 Å². The Balaban J connectivity index is 1.38. The summed E-state index contributed by atoms with van der Waals surface area (Å²) in [7, 11) is 0. The molecule has 0 saturated heterocycles. The van der Waals surface area contributed by atoms with Crippen molar-refractivity contribution in [2.24, 2.45) is 0 Å². The highest BCUT2D eigenvalue weighted by atomic mass is 79.9. The van der Waals surface area contributed by atoms with Crippen LogP contribution in [0.25, 0.3) is 27.9 Å². The van der Waals surface area contributed by atoms with Crippen LogP contribution in [0.3, 0.4) is 0 Å². The molecule has 0 atom stereocenters. The predicted molar refractivity (Wildman–Crippen MR) is 118 cm³/mol. The standard InChI is InChI=1S/C21H16BrN5OS/c22-15-5-3-14(4-6-15)18-19(29-26-25-18)21(28)27-10-7-13(8-11-27)17-12-24-20-16(17)2-1-9-23-20/h1-7,9,12H,8,10-11H2,(H,23,24). The van der Waals surface area contributed by atoms with E-state index in [0.29, 0.717) is 23.7 Å². The minimum atomic E-state index is -0.0196. The Morgan fingerprint density at radius 3 is 2.86 bits per heavy atom. The molecular weight excluding hydrogens is 450 g/mol. The highest BCUT2D eigenvalue weighted by molar-refractivity contribution is 9.10. The van der Waals surface area contributed by atoms with Gasteiger partial charge in [-0.05, 0) is 47.8 Å². The molecule has 0 radical (unpaired) electrons. The van der Waals surface area contributed by atoms with Crippen LogP contribution in [0.15, 0.2) is 59.3 Å². The van der Waals surface area contributed by atoms with E-state index in [1.165, 1.54) is 5.57 Å². The molecule has 1 N–H and O–H groups in total. The molecule has 4 aromatic rings. The Morgan fingerprint density at radius 2 is 2.07 bits per heavy atom. The van der Waals surface area contributed by atoms with E-state index in [4.69, 9.17) is 0 Å². The number of benzene rings is 1. The predicted octanol–water partition coefficient (Wildman–Crippen LogP) is 4.77. The summed E-state index contributed by atoms with van der Waals surface area (Å²) in [5.41, 5.74) is 4.82. The van der Waals surface area contributed by atoms with Crippen LogP contribution in [0.5, 0.6) is 0 Å². The highest BCUT2D eigenvalue weighted by Gasteiger charge is 2.25. The summed E-state index contributed by atoms with van der Waals surface area (Å²) in [4.78, 5) is 23.1. The monoisotopic (exact) mass is 465 g/mol. The molecule has 1 aliphatic rings. The number of aromatic amines is 1. The first kappa shape index (κ1) is 18.2. The number of H-pyrrole nitrogens is 1. The second kappa shape index (κ2) is 7.53. The third-order valence-electron chi connectivity index (χ3n) is 5.09. The SMILES string of the molecule is O=C(c1snnc1-c1ccc(Br)cc1)N1CC=C(c2c[nH]c3ncccc23)CC1. The Bertz CT molecular complexity index is 1230. The lowest BCUT2D eigenvalue weighted by Crippen LogP contribution is -2.34. The molecule has 29 heavy (non-hydrogen) atoms. The maximum Gasteiger partial charge on any atom is 0.268 e. The van der Waals surface area contributed by atoms with Crippen LogP contribution in [0.1, 0.15) is 21.7 Å². The normalized spacial score (nSPS) is 14.2. The number of carbonyl (C=O) groups is 1. The molecule has 0 fully saturated rings. The van der Waals surface area contributed by atoms with E-state index in [0.717, 1.165) is 44.6 Å². The number of pyridine rings is 1. The molecule has 0 aliphatic carbocycles. The second-order valence-corrected chi connectivity index (χ2v) is 8.46. The molecule has 0 saturated carbocycles. The zero-order valence-corrected chi connectivity index (χ0v) is 17.7. The van der Waals surface area contributed by atoms with E-state index in [1.54, 1.807) is 6.20 Å². The topological polar surface area (TPSA) is 74.8 Å². The van der Waals surface area contributed by atoms with Gasteiger partial charge >= 0.3 is 0 Å². The molecular formula is C21H16BrN5OS. The number of nitrogens with one attached hydrogen (secondary N) is 1. The van der Waals surface area contributed by atoms with E-state index in [1.807, 2.05) is 41.4 Å². The number of nitrogens with zero attached hydrogens (tertiary/aromatic N) is 4. The van der Waals surface area contributed by atoms with Crippen molar-refractivity contribution in [3.63, 3.8) is 0 Å². The van der Waals surface area contributed by atoms with Gasteiger partial charge in [0, 0.05) is 46.5 Å². The fraction of sp³-hybridized carbons (Fsp3) is 0.143. The Hall–Kier alpha value is -2.84. The lowest BCUT2D eigenvalue weighted by atomic mass is 9.99. The third-order valence-corrected chi connectivity index (χ3v) is 6.34. The van der Waals surface area contributed by atoms with Crippen molar-refractivity contribution in [2.75, 3.05) is 13.1 Å². The minimum Gasteiger partial charge on any atom is -0.346 e. The second-order valence-electron chi connectivity index (χ2n) is 6.79. The Kier molecular flexibility index (Phi) is 4.73. The molecule has 0 bridgehead atoms. The van der Waals surface area contributed by atoms with Crippen molar-refractivity contribution in [2.45, 2.75) is 6.42 Å². The lowest BCUT2D eigenvalue weighted by Gasteiger charge is -2.26. The van der Waals surface area contributed by atoms with Crippen molar-refractivity contribution in [1.82, 2.24) is 24.5 Å². The number of hydrogen-bond donors (Lipinski definition) is 1. The highest BCUT2D eigenvalue weighted by Crippen LogP contribution is 2.31. The van der Waals surface area contributed by atoms with Crippen LogP contribution in [0.4, 0.5) is 0 Å². The van der Waals surface area contributed by atoms with Crippen LogP contribution < -0.4 is 0 Å². The van der Waals surface area contributed by atoms with Gasteiger partial charge < -0.3 is 9.88 Å². The fourth-order valence-corrected chi connectivity index (χ4v) is 4.51. The Morgan fingerprint density at radius 1 is 1.21 bits per heavy atom. The molecule has 4 heterocycles. The van der Waals surface area contributed by atoms with E-state index < -0.39 is 0 Å². The summed E-state index contributed by atoms with van der Waals surface area (Å²) in [6.07, 6.45) is 6.71. The van der Waals surface area contributed by atoms with Gasteiger partial charge in [0.1, 0.15) is 16.2 Å². The molecule has 1 amide bonds. The van der Waals surface area contributed by atoms with Gasteiger partial charge in [-0.15, -0.1) is 5.10 Å². The van der Waals surface area contributed by atoms with E-state index in [9.17, 15) is 4.79 Å². The lowest BCUT2D eigenvalue weighted by molar-refractivity contribution is 0.0778. The first-order chi connectivity index (χ1) is 14.2.